The maximum atomic E-state index is 12.6. The van der Waals surface area contributed by atoms with Gasteiger partial charge >= 0.3 is 24.2 Å². The van der Waals surface area contributed by atoms with Crippen LogP contribution < -0.4 is 15.2 Å². The van der Waals surface area contributed by atoms with Crippen molar-refractivity contribution in [3.63, 3.8) is 0 Å². The van der Waals surface area contributed by atoms with Crippen molar-refractivity contribution in [2.45, 2.75) is 72.4 Å². The van der Waals surface area contributed by atoms with Crippen LogP contribution >= 0.6 is 0 Å². The summed E-state index contributed by atoms with van der Waals surface area (Å²) in [5.74, 6) is -1.21. The maximum Gasteiger partial charge on any atom is 0.513 e. The second kappa shape index (κ2) is 15.0. The molecule has 1 aromatic carbocycles. The van der Waals surface area contributed by atoms with Gasteiger partial charge in [-0.1, -0.05) is 40.7 Å². The molecule has 0 saturated heterocycles. The molecule has 0 saturated carbocycles. The highest BCUT2D eigenvalue weighted by Gasteiger charge is 2.38. The topological polar surface area (TPSA) is 150 Å². The van der Waals surface area contributed by atoms with E-state index in [2.05, 4.69) is 0 Å². The van der Waals surface area contributed by atoms with Gasteiger partial charge in [0.1, 0.15) is 11.6 Å². The van der Waals surface area contributed by atoms with Crippen LogP contribution in [0.3, 0.4) is 0 Å². The third kappa shape index (κ3) is 11.5. The van der Waals surface area contributed by atoms with E-state index in [1.165, 1.54) is 19.2 Å². The molecule has 0 fully saturated rings. The highest BCUT2D eigenvalue weighted by molar-refractivity contribution is 5.81. The fraction of sp³-hybridized carbons (Fsp3) is 0.615. The Morgan fingerprint density at radius 1 is 0.892 bits per heavy atom. The van der Waals surface area contributed by atoms with Crippen LogP contribution in [-0.2, 0) is 35.0 Å². The van der Waals surface area contributed by atoms with Crippen LogP contribution in [0.15, 0.2) is 18.2 Å². The standard InChI is InChI=1S/C26H39NO10/c1-8-22(28)35-18(6)12-26(27,23(29)32-7)13-19-9-10-20(36-24(30)33-14-16(2)3)21(11-19)37-25(31)34-15-17(4)5/h9-11,16-18H,8,12-15,27H2,1-7H3/t18?,26-/m1/s1. The summed E-state index contributed by atoms with van der Waals surface area (Å²) in [6.07, 6.45) is -2.57. The monoisotopic (exact) mass is 525 g/mol. The number of rotatable bonds is 13. The second-order valence-electron chi connectivity index (χ2n) is 9.58. The lowest BCUT2D eigenvalue weighted by Crippen LogP contribution is -2.53. The quantitative estimate of drug-likeness (QED) is 0.224. The third-order valence-electron chi connectivity index (χ3n) is 4.85. The van der Waals surface area contributed by atoms with Crippen molar-refractivity contribution in [1.29, 1.82) is 0 Å². The van der Waals surface area contributed by atoms with E-state index in [0.29, 0.717) is 5.56 Å². The Balaban J connectivity index is 3.23. The first kappa shape index (κ1) is 31.7. The Morgan fingerprint density at radius 3 is 1.92 bits per heavy atom. The summed E-state index contributed by atoms with van der Waals surface area (Å²) in [5, 5.41) is 0. The van der Waals surface area contributed by atoms with Gasteiger partial charge in [0, 0.05) is 19.3 Å². The van der Waals surface area contributed by atoms with Gasteiger partial charge in [-0.25, -0.2) is 9.59 Å². The summed E-state index contributed by atoms with van der Waals surface area (Å²) < 4.78 is 30.8. The Morgan fingerprint density at radius 2 is 1.43 bits per heavy atom. The number of carbonyl (C=O) groups is 4. The van der Waals surface area contributed by atoms with Gasteiger partial charge in [0.05, 0.1) is 20.3 Å². The van der Waals surface area contributed by atoms with Crippen molar-refractivity contribution in [3.8, 4) is 11.5 Å². The van der Waals surface area contributed by atoms with Crippen molar-refractivity contribution in [3.05, 3.63) is 23.8 Å². The summed E-state index contributed by atoms with van der Waals surface area (Å²) in [5.41, 5.74) is 5.30. The zero-order valence-electron chi connectivity index (χ0n) is 22.7. The summed E-state index contributed by atoms with van der Waals surface area (Å²) in [6.45, 7) is 11.0. The lowest BCUT2D eigenvalue weighted by Gasteiger charge is -2.29. The van der Waals surface area contributed by atoms with Crippen LogP contribution in [0.25, 0.3) is 0 Å². The van der Waals surface area contributed by atoms with Gasteiger partial charge < -0.3 is 34.2 Å². The van der Waals surface area contributed by atoms with E-state index in [1.54, 1.807) is 19.9 Å². The molecule has 1 unspecified atom stereocenters. The molecule has 0 heterocycles. The van der Waals surface area contributed by atoms with E-state index in [9.17, 15) is 19.2 Å². The normalized spacial score (nSPS) is 13.4. The summed E-state index contributed by atoms with van der Waals surface area (Å²) in [7, 11) is 1.20. The Kier molecular flexibility index (Phi) is 12.9. The van der Waals surface area contributed by atoms with Crippen molar-refractivity contribution < 1.29 is 47.6 Å². The lowest BCUT2D eigenvalue weighted by atomic mass is 9.86. The molecule has 1 rings (SSSR count). The molecule has 0 radical (unpaired) electrons. The minimum absolute atomic E-state index is 0.0299. The predicted octanol–water partition coefficient (Wildman–Crippen LogP) is 4.17. The van der Waals surface area contributed by atoms with Gasteiger partial charge in [0.25, 0.3) is 0 Å². The van der Waals surface area contributed by atoms with Gasteiger partial charge in [-0.3, -0.25) is 9.59 Å². The van der Waals surface area contributed by atoms with Crippen LogP contribution in [0.5, 0.6) is 11.5 Å². The Bertz CT molecular complexity index is 930. The molecule has 11 nitrogen and oxygen atoms in total. The van der Waals surface area contributed by atoms with E-state index in [0.717, 1.165) is 0 Å². The first-order valence-corrected chi connectivity index (χ1v) is 12.2. The highest BCUT2D eigenvalue weighted by Crippen LogP contribution is 2.31. The number of hydrogen-bond donors (Lipinski definition) is 1. The van der Waals surface area contributed by atoms with Crippen LogP contribution in [0.1, 0.15) is 59.9 Å². The molecule has 0 amide bonds. The number of esters is 2. The zero-order chi connectivity index (χ0) is 28.2. The maximum absolute atomic E-state index is 12.6. The number of ether oxygens (including phenoxy) is 6. The van der Waals surface area contributed by atoms with Gasteiger partial charge in [0.2, 0.25) is 0 Å². The average Bonchev–Trinajstić information content (AvgIpc) is 2.82. The van der Waals surface area contributed by atoms with E-state index >= 15 is 0 Å². The van der Waals surface area contributed by atoms with Gasteiger partial charge in [0.15, 0.2) is 11.5 Å². The molecule has 0 aromatic heterocycles. The third-order valence-corrected chi connectivity index (χ3v) is 4.85. The molecule has 0 aliphatic carbocycles. The molecule has 208 valence electrons. The zero-order valence-corrected chi connectivity index (χ0v) is 22.7. The van der Waals surface area contributed by atoms with Gasteiger partial charge in [-0.05, 0) is 36.5 Å². The summed E-state index contributed by atoms with van der Waals surface area (Å²) in [4.78, 5) is 48.6. The number of benzene rings is 1. The number of nitrogens with two attached hydrogens (primary N) is 1. The number of hydrogen-bond acceptors (Lipinski definition) is 11. The van der Waals surface area contributed by atoms with E-state index in [-0.39, 0.29) is 55.8 Å². The van der Waals surface area contributed by atoms with Crippen LogP contribution in [0.4, 0.5) is 9.59 Å². The molecule has 37 heavy (non-hydrogen) atoms. The number of carbonyl (C=O) groups excluding carboxylic acids is 4. The van der Waals surface area contributed by atoms with Crippen LogP contribution in [-0.4, -0.2) is 56.2 Å². The first-order chi connectivity index (χ1) is 17.3. The molecule has 0 aliphatic heterocycles. The first-order valence-electron chi connectivity index (χ1n) is 12.2. The molecule has 1 aromatic rings. The van der Waals surface area contributed by atoms with Crippen molar-refractivity contribution in [2.24, 2.45) is 17.6 Å². The minimum atomic E-state index is -1.57. The van der Waals surface area contributed by atoms with Crippen molar-refractivity contribution in [1.82, 2.24) is 0 Å². The number of methoxy groups -OCH3 is 1. The molecular weight excluding hydrogens is 486 g/mol. The molecular formula is C26H39NO10. The van der Waals surface area contributed by atoms with E-state index in [1.807, 2.05) is 27.7 Å². The smallest absolute Gasteiger partial charge is 0.468 e. The highest BCUT2D eigenvalue weighted by atomic mass is 16.7. The fourth-order valence-corrected chi connectivity index (χ4v) is 3.19. The SMILES string of the molecule is CCC(=O)OC(C)C[C@@](N)(Cc1ccc(OC(=O)OCC(C)C)c(OC(=O)OCC(C)C)c1)C(=O)OC. The molecule has 0 spiro atoms. The van der Waals surface area contributed by atoms with Crippen molar-refractivity contribution >= 4 is 24.2 Å². The molecule has 0 bridgehead atoms. The molecule has 2 atom stereocenters. The largest absolute Gasteiger partial charge is 0.513 e. The molecule has 2 N–H and O–H groups in total. The molecule has 0 aliphatic rings. The second-order valence-corrected chi connectivity index (χ2v) is 9.58. The Hall–Kier alpha value is -3.34. The fourth-order valence-electron chi connectivity index (χ4n) is 3.19. The van der Waals surface area contributed by atoms with E-state index < -0.39 is 35.9 Å². The molecule has 11 heteroatoms. The Labute approximate surface area is 217 Å². The summed E-state index contributed by atoms with van der Waals surface area (Å²) >= 11 is 0. The van der Waals surface area contributed by atoms with Gasteiger partial charge in [-0.15, -0.1) is 0 Å². The average molecular weight is 526 g/mol. The minimum Gasteiger partial charge on any atom is -0.468 e. The lowest BCUT2D eigenvalue weighted by molar-refractivity contribution is -0.154. The van der Waals surface area contributed by atoms with Crippen molar-refractivity contribution in [2.75, 3.05) is 20.3 Å². The summed E-state index contributed by atoms with van der Waals surface area (Å²) in [6, 6.07) is 4.33. The van der Waals surface area contributed by atoms with E-state index in [4.69, 9.17) is 34.2 Å². The van der Waals surface area contributed by atoms with Gasteiger partial charge in [-0.2, -0.15) is 0 Å². The predicted molar refractivity (Wildman–Crippen MR) is 133 cm³/mol. The van der Waals surface area contributed by atoms with Crippen LogP contribution in [0.2, 0.25) is 0 Å². The van der Waals surface area contributed by atoms with Crippen LogP contribution in [0, 0.1) is 11.8 Å².